The van der Waals surface area contributed by atoms with Gasteiger partial charge in [-0.1, -0.05) is 31.2 Å². The third-order valence-corrected chi connectivity index (χ3v) is 4.78. The molecule has 1 fully saturated rings. The molecule has 128 valence electrons. The number of rotatable bonds is 6. The average Bonchev–Trinajstić information content (AvgIpc) is 2.64. The van der Waals surface area contributed by atoms with Crippen molar-refractivity contribution in [2.45, 2.75) is 26.0 Å². The van der Waals surface area contributed by atoms with E-state index in [4.69, 9.17) is 0 Å². The smallest absolute Gasteiger partial charge is 0.0664 e. The molecule has 4 heteroatoms. The number of nitrogens with zero attached hydrogens (tertiary/aromatic N) is 3. The van der Waals surface area contributed by atoms with E-state index in [0.717, 1.165) is 45.7 Å². The molecule has 0 spiro atoms. The Kier molecular flexibility index (Phi) is 5.96. The number of benzene rings is 1. The fraction of sp³-hybridized carbons (Fsp3) is 0.450. The molecule has 0 saturated carbocycles. The van der Waals surface area contributed by atoms with Gasteiger partial charge in [0.25, 0.3) is 0 Å². The van der Waals surface area contributed by atoms with Gasteiger partial charge < -0.3 is 5.11 Å². The summed E-state index contributed by atoms with van der Waals surface area (Å²) in [6.07, 6.45) is 4.32. The fourth-order valence-electron chi connectivity index (χ4n) is 3.16. The van der Waals surface area contributed by atoms with E-state index in [1.54, 1.807) is 0 Å². The lowest BCUT2D eigenvalue weighted by Gasteiger charge is -2.35. The van der Waals surface area contributed by atoms with Crippen molar-refractivity contribution in [3.8, 4) is 11.1 Å². The summed E-state index contributed by atoms with van der Waals surface area (Å²) in [4.78, 5) is 8.94. The summed E-state index contributed by atoms with van der Waals surface area (Å²) < 4.78 is 0. The molecule has 4 nitrogen and oxygen atoms in total. The predicted molar refractivity (Wildman–Crippen MR) is 97.7 cm³/mol. The molecule has 1 aromatic carbocycles. The van der Waals surface area contributed by atoms with Gasteiger partial charge in [-0.2, -0.15) is 0 Å². The van der Waals surface area contributed by atoms with Crippen LogP contribution in [0.4, 0.5) is 0 Å². The van der Waals surface area contributed by atoms with Crippen LogP contribution in [0.2, 0.25) is 0 Å². The topological polar surface area (TPSA) is 39.6 Å². The van der Waals surface area contributed by atoms with Crippen LogP contribution in [0, 0.1) is 0 Å². The van der Waals surface area contributed by atoms with Gasteiger partial charge in [0.2, 0.25) is 0 Å². The molecule has 2 aromatic rings. The lowest BCUT2D eigenvalue weighted by molar-refractivity contribution is 0.0687. The number of aliphatic hydroxyl groups excluding tert-OH is 1. The number of aromatic nitrogens is 1. The van der Waals surface area contributed by atoms with Gasteiger partial charge in [-0.3, -0.25) is 14.8 Å². The van der Waals surface area contributed by atoms with Crippen LogP contribution in [0.25, 0.3) is 11.1 Å². The molecule has 1 aliphatic heterocycles. The van der Waals surface area contributed by atoms with Gasteiger partial charge in [0.15, 0.2) is 0 Å². The summed E-state index contributed by atoms with van der Waals surface area (Å²) in [6, 6.07) is 12.9. The van der Waals surface area contributed by atoms with Crippen molar-refractivity contribution in [3.63, 3.8) is 0 Å². The minimum absolute atomic E-state index is 0.183. The van der Waals surface area contributed by atoms with Crippen LogP contribution in [-0.4, -0.2) is 58.7 Å². The van der Waals surface area contributed by atoms with Gasteiger partial charge in [-0.15, -0.1) is 0 Å². The molecule has 0 aliphatic carbocycles. The first kappa shape index (κ1) is 17.1. The first-order valence-corrected chi connectivity index (χ1v) is 8.86. The van der Waals surface area contributed by atoms with Crippen molar-refractivity contribution in [3.05, 3.63) is 54.4 Å². The summed E-state index contributed by atoms with van der Waals surface area (Å²) in [5, 5.41) is 9.77. The highest BCUT2D eigenvalue weighted by Crippen LogP contribution is 2.19. The first-order valence-electron chi connectivity index (χ1n) is 8.86. The Labute approximate surface area is 144 Å². The number of aliphatic hydroxyl groups is 1. The zero-order valence-corrected chi connectivity index (χ0v) is 14.4. The zero-order valence-electron chi connectivity index (χ0n) is 14.4. The Bertz CT molecular complexity index is 607. The minimum Gasteiger partial charge on any atom is -0.392 e. The highest BCUT2D eigenvalue weighted by atomic mass is 16.3. The Morgan fingerprint density at radius 1 is 0.917 bits per heavy atom. The predicted octanol–water partition coefficient (Wildman–Crippen LogP) is 2.64. The number of hydrogen-bond acceptors (Lipinski definition) is 4. The van der Waals surface area contributed by atoms with Crippen LogP contribution in [0.5, 0.6) is 0 Å². The van der Waals surface area contributed by atoms with E-state index in [1.807, 2.05) is 31.5 Å². The molecule has 2 heterocycles. The van der Waals surface area contributed by atoms with E-state index in [-0.39, 0.29) is 6.10 Å². The highest BCUT2D eigenvalue weighted by molar-refractivity contribution is 5.62. The fourth-order valence-corrected chi connectivity index (χ4v) is 3.16. The second kappa shape index (κ2) is 8.38. The van der Waals surface area contributed by atoms with Crippen molar-refractivity contribution < 1.29 is 5.11 Å². The third-order valence-electron chi connectivity index (χ3n) is 4.78. The Morgan fingerprint density at radius 3 is 2.12 bits per heavy atom. The maximum atomic E-state index is 9.77. The quantitative estimate of drug-likeness (QED) is 0.886. The van der Waals surface area contributed by atoms with E-state index < -0.39 is 0 Å². The van der Waals surface area contributed by atoms with Gasteiger partial charge in [0, 0.05) is 51.7 Å². The number of pyridine rings is 1. The number of β-amino-alcohol motifs (C(OH)–C–C–N with tert-alkyl or cyclic N) is 1. The molecule has 1 aliphatic rings. The Morgan fingerprint density at radius 2 is 1.50 bits per heavy atom. The Balaban J connectivity index is 1.51. The number of hydrogen-bond donors (Lipinski definition) is 1. The van der Waals surface area contributed by atoms with Crippen LogP contribution < -0.4 is 0 Å². The van der Waals surface area contributed by atoms with Crippen LogP contribution in [0.15, 0.2) is 48.8 Å². The molecule has 1 aromatic heterocycles. The van der Waals surface area contributed by atoms with Gasteiger partial charge in [0.1, 0.15) is 0 Å². The molecule has 0 amide bonds. The summed E-state index contributed by atoms with van der Waals surface area (Å²) in [5.41, 5.74) is 3.80. The molecule has 0 unspecified atom stereocenters. The molecule has 24 heavy (non-hydrogen) atoms. The monoisotopic (exact) mass is 325 g/mol. The summed E-state index contributed by atoms with van der Waals surface area (Å²) in [7, 11) is 0. The maximum absolute atomic E-state index is 9.77. The van der Waals surface area contributed by atoms with E-state index in [1.165, 1.54) is 16.7 Å². The lowest BCUT2D eigenvalue weighted by atomic mass is 10.0. The van der Waals surface area contributed by atoms with Gasteiger partial charge in [0.05, 0.1) is 6.10 Å². The zero-order chi connectivity index (χ0) is 16.8. The van der Waals surface area contributed by atoms with Crippen molar-refractivity contribution in [1.82, 2.24) is 14.8 Å². The van der Waals surface area contributed by atoms with Crippen LogP contribution >= 0.6 is 0 Å². The summed E-state index contributed by atoms with van der Waals surface area (Å²) in [5.74, 6) is 0. The Hall–Kier alpha value is -1.75. The van der Waals surface area contributed by atoms with Crippen LogP contribution in [-0.2, 0) is 6.54 Å². The average molecular weight is 325 g/mol. The third kappa shape index (κ3) is 4.63. The highest BCUT2D eigenvalue weighted by Gasteiger charge is 2.18. The molecule has 0 bridgehead atoms. The molecule has 1 atom stereocenters. The largest absolute Gasteiger partial charge is 0.392 e. The normalized spacial score (nSPS) is 17.8. The minimum atomic E-state index is -0.183. The molecule has 1 saturated heterocycles. The van der Waals surface area contributed by atoms with Crippen molar-refractivity contribution in [1.29, 1.82) is 0 Å². The number of piperazine rings is 1. The molecular weight excluding hydrogens is 298 g/mol. The van der Waals surface area contributed by atoms with Crippen molar-refractivity contribution in [2.24, 2.45) is 0 Å². The summed E-state index contributed by atoms with van der Waals surface area (Å²) >= 11 is 0. The van der Waals surface area contributed by atoms with Crippen LogP contribution in [0.1, 0.15) is 18.9 Å². The standard InChI is InChI=1S/C20H27N3O/c1-2-20(24)16-23-13-11-22(12-14-23)15-17-3-5-18(6-4-17)19-7-9-21-10-8-19/h3-10,20,24H,2,11-16H2,1H3/t20-/m0/s1. The van der Waals surface area contributed by atoms with E-state index in [0.29, 0.717) is 0 Å². The molecule has 0 radical (unpaired) electrons. The van der Waals surface area contributed by atoms with Crippen LogP contribution in [0.3, 0.4) is 0 Å². The van der Waals surface area contributed by atoms with E-state index >= 15 is 0 Å². The molecule has 3 rings (SSSR count). The second-order valence-electron chi connectivity index (χ2n) is 6.57. The summed E-state index contributed by atoms with van der Waals surface area (Å²) in [6.45, 7) is 8.09. The maximum Gasteiger partial charge on any atom is 0.0664 e. The van der Waals surface area contributed by atoms with E-state index in [2.05, 4.69) is 39.0 Å². The first-order chi connectivity index (χ1) is 11.7. The van der Waals surface area contributed by atoms with Gasteiger partial charge in [-0.05, 0) is 35.2 Å². The van der Waals surface area contributed by atoms with Crippen molar-refractivity contribution >= 4 is 0 Å². The SMILES string of the molecule is CC[C@H](O)CN1CCN(Cc2ccc(-c3ccncc3)cc2)CC1. The van der Waals surface area contributed by atoms with E-state index in [9.17, 15) is 5.11 Å². The molecular formula is C20H27N3O. The second-order valence-corrected chi connectivity index (χ2v) is 6.57. The molecule has 1 N–H and O–H groups in total. The lowest BCUT2D eigenvalue weighted by Crippen LogP contribution is -2.48. The van der Waals surface area contributed by atoms with Crippen molar-refractivity contribution in [2.75, 3.05) is 32.7 Å². The van der Waals surface area contributed by atoms with Gasteiger partial charge >= 0.3 is 0 Å². The van der Waals surface area contributed by atoms with Gasteiger partial charge in [-0.25, -0.2) is 0 Å².